The first-order chi connectivity index (χ1) is 11.9. The third-order valence-electron chi connectivity index (χ3n) is 4.59. The van der Waals surface area contributed by atoms with Crippen LogP contribution in [0.4, 0.5) is 0 Å². The maximum atomic E-state index is 11.8. The van der Waals surface area contributed by atoms with Gasteiger partial charge in [-0.1, -0.05) is 51.0 Å². The molecule has 0 aromatic heterocycles. The van der Waals surface area contributed by atoms with Crippen molar-refractivity contribution in [3.63, 3.8) is 0 Å². The summed E-state index contributed by atoms with van der Waals surface area (Å²) in [5.74, 6) is 5.17. The molecule has 0 saturated heterocycles. The zero-order valence-electron chi connectivity index (χ0n) is 15.4. The van der Waals surface area contributed by atoms with Crippen LogP contribution in [-0.2, 0) is 5.41 Å². The van der Waals surface area contributed by atoms with Gasteiger partial charge in [-0.25, -0.2) is 4.79 Å². The molecule has 2 rings (SSSR count). The van der Waals surface area contributed by atoms with Crippen LogP contribution in [-0.4, -0.2) is 17.2 Å². The zero-order valence-corrected chi connectivity index (χ0v) is 15.4. The number of ether oxygens (including phenoxy) is 1. The van der Waals surface area contributed by atoms with Crippen molar-refractivity contribution in [3.8, 4) is 17.6 Å². The van der Waals surface area contributed by atoms with E-state index in [1.54, 1.807) is 19.1 Å². The first-order valence-corrected chi connectivity index (χ1v) is 8.74. The Hall–Kier alpha value is -2.47. The number of hydrogen-bond acceptors (Lipinski definition) is 2. The van der Waals surface area contributed by atoms with Crippen molar-refractivity contribution >= 4 is 5.97 Å². The minimum atomic E-state index is -0.986. The maximum Gasteiger partial charge on any atom is 0.339 e. The molecule has 0 saturated carbocycles. The third kappa shape index (κ3) is 4.33. The molecule has 25 heavy (non-hydrogen) atoms. The molecular formula is C22H26O3. The van der Waals surface area contributed by atoms with E-state index in [9.17, 15) is 9.90 Å². The number of rotatable bonds is 6. The molecule has 0 radical (unpaired) electrons. The second-order valence-corrected chi connectivity index (χ2v) is 6.69. The van der Waals surface area contributed by atoms with Crippen LogP contribution < -0.4 is 4.74 Å². The Kier molecular flexibility index (Phi) is 6.09. The summed E-state index contributed by atoms with van der Waals surface area (Å²) >= 11 is 0. The highest BCUT2D eigenvalue weighted by molar-refractivity contribution is 5.91. The van der Waals surface area contributed by atoms with Gasteiger partial charge in [0.2, 0.25) is 0 Å². The summed E-state index contributed by atoms with van der Waals surface area (Å²) < 4.78 is 5.83. The van der Waals surface area contributed by atoms with E-state index in [1.807, 2.05) is 13.0 Å². The topological polar surface area (TPSA) is 46.5 Å². The molecule has 0 fully saturated rings. The number of carbonyl (C=O) groups is 1. The molecule has 0 spiro atoms. The molecule has 0 amide bonds. The smallest absolute Gasteiger partial charge is 0.339 e. The molecule has 1 atom stereocenters. The molecule has 0 heterocycles. The molecule has 0 aliphatic heterocycles. The quantitative estimate of drug-likeness (QED) is 0.732. The second kappa shape index (κ2) is 8.07. The molecule has 0 bridgehead atoms. The molecule has 1 aromatic carbocycles. The van der Waals surface area contributed by atoms with Gasteiger partial charge < -0.3 is 9.84 Å². The van der Waals surface area contributed by atoms with Gasteiger partial charge in [-0.15, -0.1) is 5.92 Å². The van der Waals surface area contributed by atoms with Crippen LogP contribution in [0, 0.1) is 11.8 Å². The Morgan fingerprint density at radius 1 is 1.36 bits per heavy atom. The van der Waals surface area contributed by atoms with Crippen LogP contribution >= 0.6 is 0 Å². The molecular weight excluding hydrogens is 312 g/mol. The van der Waals surface area contributed by atoms with Crippen molar-refractivity contribution in [1.82, 2.24) is 0 Å². The van der Waals surface area contributed by atoms with E-state index in [1.165, 1.54) is 5.57 Å². The highest BCUT2D eigenvalue weighted by atomic mass is 16.5. The van der Waals surface area contributed by atoms with Gasteiger partial charge in [0.05, 0.1) is 0 Å². The monoisotopic (exact) mass is 338 g/mol. The number of allylic oxidation sites excluding steroid dienone is 4. The van der Waals surface area contributed by atoms with Crippen LogP contribution in [0.3, 0.4) is 0 Å². The van der Waals surface area contributed by atoms with Gasteiger partial charge in [-0.3, -0.25) is 0 Å². The summed E-state index contributed by atoms with van der Waals surface area (Å²) in [4.78, 5) is 11.8. The lowest BCUT2D eigenvalue weighted by atomic mass is 9.75. The normalized spacial score (nSPS) is 15.0. The van der Waals surface area contributed by atoms with Crippen LogP contribution in [0.2, 0.25) is 0 Å². The predicted molar refractivity (Wildman–Crippen MR) is 101 cm³/mol. The Morgan fingerprint density at radius 2 is 2.12 bits per heavy atom. The highest BCUT2D eigenvalue weighted by Crippen LogP contribution is 2.36. The number of hydrogen-bond donors (Lipinski definition) is 1. The van der Waals surface area contributed by atoms with Gasteiger partial charge in [0.25, 0.3) is 0 Å². The van der Waals surface area contributed by atoms with Crippen molar-refractivity contribution in [1.29, 1.82) is 0 Å². The van der Waals surface area contributed by atoms with Crippen molar-refractivity contribution in [2.75, 3.05) is 0 Å². The number of carboxylic acids is 1. The van der Waals surface area contributed by atoms with Crippen molar-refractivity contribution < 1.29 is 14.6 Å². The lowest BCUT2D eigenvalue weighted by molar-refractivity contribution is 0.0690. The summed E-state index contributed by atoms with van der Waals surface area (Å²) in [5, 5.41) is 9.64. The fourth-order valence-corrected chi connectivity index (χ4v) is 2.96. The van der Waals surface area contributed by atoms with Crippen LogP contribution in [0.15, 0.2) is 42.0 Å². The minimum absolute atomic E-state index is 0.183. The predicted octanol–water partition coefficient (Wildman–Crippen LogP) is 5.12. The average Bonchev–Trinajstić information content (AvgIpc) is 2.62. The van der Waals surface area contributed by atoms with Crippen molar-refractivity contribution in [2.24, 2.45) is 0 Å². The zero-order chi connectivity index (χ0) is 18.4. The summed E-state index contributed by atoms with van der Waals surface area (Å²) in [6.07, 6.45) is 9.02. The van der Waals surface area contributed by atoms with Gasteiger partial charge in [-0.05, 0) is 49.5 Å². The fraction of sp³-hybridized carbons (Fsp3) is 0.409. The minimum Gasteiger partial charge on any atom is -0.478 e. The number of aromatic carboxylic acids is 1. The Labute approximate surface area is 150 Å². The molecule has 1 aromatic rings. The Balaban J connectivity index is 2.41. The van der Waals surface area contributed by atoms with Crippen LogP contribution in [0.5, 0.6) is 5.75 Å². The third-order valence-corrected chi connectivity index (χ3v) is 4.59. The highest BCUT2D eigenvalue weighted by Gasteiger charge is 2.27. The first-order valence-electron chi connectivity index (χ1n) is 8.74. The molecule has 3 nitrogen and oxygen atoms in total. The summed E-state index contributed by atoms with van der Waals surface area (Å²) in [5.41, 5.74) is 2.10. The lowest BCUT2D eigenvalue weighted by Gasteiger charge is -2.29. The van der Waals surface area contributed by atoms with E-state index < -0.39 is 5.97 Å². The largest absolute Gasteiger partial charge is 0.478 e. The SMILES string of the molecule is CC#CC(CC)Oc1ccc(C(C)(C)C2=CCCC=C2)cc1C(=O)O. The van der Waals surface area contributed by atoms with Gasteiger partial charge in [0.1, 0.15) is 11.3 Å². The maximum absolute atomic E-state index is 11.8. The van der Waals surface area contributed by atoms with E-state index in [0.29, 0.717) is 12.2 Å². The molecule has 132 valence electrons. The molecule has 1 N–H and O–H groups in total. The van der Waals surface area contributed by atoms with Gasteiger partial charge in [0.15, 0.2) is 6.10 Å². The number of benzene rings is 1. The molecule has 1 aliphatic rings. The van der Waals surface area contributed by atoms with E-state index in [0.717, 1.165) is 18.4 Å². The van der Waals surface area contributed by atoms with Crippen molar-refractivity contribution in [3.05, 3.63) is 53.1 Å². The van der Waals surface area contributed by atoms with Gasteiger partial charge in [0, 0.05) is 5.41 Å². The molecule has 1 aliphatic carbocycles. The Bertz CT molecular complexity index is 757. The van der Waals surface area contributed by atoms with Crippen molar-refractivity contribution in [2.45, 2.75) is 58.5 Å². The summed E-state index contributed by atoms with van der Waals surface area (Å²) in [6.45, 7) is 7.96. The summed E-state index contributed by atoms with van der Waals surface area (Å²) in [6, 6.07) is 5.44. The van der Waals surface area contributed by atoms with Crippen LogP contribution in [0.1, 0.15) is 62.9 Å². The molecule has 1 unspecified atom stereocenters. The van der Waals surface area contributed by atoms with E-state index in [2.05, 4.69) is 43.9 Å². The van der Waals surface area contributed by atoms with E-state index in [-0.39, 0.29) is 17.1 Å². The molecule has 3 heteroatoms. The van der Waals surface area contributed by atoms with Gasteiger partial charge >= 0.3 is 5.97 Å². The van der Waals surface area contributed by atoms with E-state index >= 15 is 0 Å². The van der Waals surface area contributed by atoms with Gasteiger partial charge in [-0.2, -0.15) is 0 Å². The second-order valence-electron chi connectivity index (χ2n) is 6.69. The fourth-order valence-electron chi connectivity index (χ4n) is 2.96. The summed E-state index contributed by atoms with van der Waals surface area (Å²) in [7, 11) is 0. The number of carboxylic acid groups (broad SMARTS) is 1. The van der Waals surface area contributed by atoms with Crippen LogP contribution in [0.25, 0.3) is 0 Å². The van der Waals surface area contributed by atoms with E-state index in [4.69, 9.17) is 4.74 Å². The Morgan fingerprint density at radius 3 is 2.68 bits per heavy atom. The first kappa shape index (κ1) is 18.9. The standard InChI is InChI=1S/C22H26O3/c1-5-10-18(6-2)25-20-14-13-17(15-19(20)21(23)24)22(3,4)16-11-8-7-9-12-16/h8,11-15,18H,6-7,9H2,1-4H3,(H,23,24). The lowest BCUT2D eigenvalue weighted by Crippen LogP contribution is -2.21. The average molecular weight is 338 g/mol.